The molecule has 92 valence electrons. The van der Waals surface area contributed by atoms with Crippen LogP contribution in [0.25, 0.3) is 0 Å². The van der Waals surface area contributed by atoms with Gasteiger partial charge in [-0.1, -0.05) is 11.6 Å². The number of hydrogen-bond donors (Lipinski definition) is 2. The molecule has 17 heavy (non-hydrogen) atoms. The van der Waals surface area contributed by atoms with Gasteiger partial charge in [-0.05, 0) is 30.2 Å². The third-order valence-corrected chi connectivity index (χ3v) is 2.25. The van der Waals surface area contributed by atoms with Crippen LogP contribution in [0.4, 0.5) is 0 Å². The first-order chi connectivity index (χ1) is 7.99. The van der Waals surface area contributed by atoms with Gasteiger partial charge in [-0.3, -0.25) is 4.79 Å². The molecule has 0 fully saturated rings. The SMILES string of the molecule is NC(=O)CCc1cc(Cl)ccc1OCC(=O)O. The normalized spacial score (nSPS) is 9.94. The first-order valence-electron chi connectivity index (χ1n) is 4.90. The fourth-order valence-electron chi connectivity index (χ4n) is 1.28. The molecule has 0 aliphatic heterocycles. The molecule has 0 saturated carbocycles. The summed E-state index contributed by atoms with van der Waals surface area (Å²) < 4.78 is 5.08. The van der Waals surface area contributed by atoms with Crippen LogP contribution in [-0.4, -0.2) is 23.6 Å². The Morgan fingerprint density at radius 3 is 2.71 bits per heavy atom. The fourth-order valence-corrected chi connectivity index (χ4v) is 1.48. The summed E-state index contributed by atoms with van der Waals surface area (Å²) in [6.45, 7) is -0.439. The third kappa shape index (κ3) is 4.74. The monoisotopic (exact) mass is 257 g/mol. The molecule has 1 aromatic rings. The van der Waals surface area contributed by atoms with Crippen LogP contribution in [0.5, 0.6) is 5.75 Å². The Kier molecular flexibility index (Phi) is 4.78. The van der Waals surface area contributed by atoms with Crippen LogP contribution in [0, 0.1) is 0 Å². The molecule has 0 aliphatic carbocycles. The first-order valence-corrected chi connectivity index (χ1v) is 5.28. The standard InChI is InChI=1S/C11H12ClNO4/c12-8-2-3-9(17-6-11(15)16)7(5-8)1-4-10(13)14/h2-3,5H,1,4,6H2,(H2,13,14)(H,15,16). The van der Waals surface area contributed by atoms with Crippen LogP contribution in [0.1, 0.15) is 12.0 Å². The van der Waals surface area contributed by atoms with Gasteiger partial charge >= 0.3 is 5.97 Å². The summed E-state index contributed by atoms with van der Waals surface area (Å²) in [4.78, 5) is 21.1. The highest BCUT2D eigenvalue weighted by Crippen LogP contribution is 2.24. The number of nitrogens with two attached hydrogens (primary N) is 1. The summed E-state index contributed by atoms with van der Waals surface area (Å²) >= 11 is 5.81. The Morgan fingerprint density at radius 2 is 2.12 bits per heavy atom. The van der Waals surface area contributed by atoms with Crippen molar-refractivity contribution in [3.05, 3.63) is 28.8 Å². The van der Waals surface area contributed by atoms with Gasteiger partial charge in [0.15, 0.2) is 6.61 Å². The van der Waals surface area contributed by atoms with Gasteiger partial charge in [0.1, 0.15) is 5.75 Å². The Balaban J connectivity index is 2.79. The van der Waals surface area contributed by atoms with E-state index in [9.17, 15) is 9.59 Å². The number of benzene rings is 1. The molecule has 5 nitrogen and oxygen atoms in total. The molecule has 0 bridgehead atoms. The molecule has 1 rings (SSSR count). The minimum absolute atomic E-state index is 0.157. The predicted octanol–water partition coefficient (Wildman–Crippen LogP) is 1.22. The van der Waals surface area contributed by atoms with Gasteiger partial charge in [0.05, 0.1) is 0 Å². The summed E-state index contributed by atoms with van der Waals surface area (Å²) in [6.07, 6.45) is 0.522. The van der Waals surface area contributed by atoms with Crippen LogP contribution >= 0.6 is 11.6 Å². The number of carbonyl (C=O) groups excluding carboxylic acids is 1. The smallest absolute Gasteiger partial charge is 0.341 e. The predicted molar refractivity (Wildman–Crippen MR) is 62.1 cm³/mol. The van der Waals surface area contributed by atoms with E-state index in [1.54, 1.807) is 18.2 Å². The second-order valence-electron chi connectivity index (χ2n) is 3.40. The van der Waals surface area contributed by atoms with Gasteiger partial charge in [0.2, 0.25) is 5.91 Å². The van der Waals surface area contributed by atoms with E-state index in [4.69, 9.17) is 27.2 Å². The molecule has 0 heterocycles. The number of aliphatic carboxylic acids is 1. The maximum atomic E-state index is 10.7. The number of hydrogen-bond acceptors (Lipinski definition) is 3. The molecule has 3 N–H and O–H groups in total. The quantitative estimate of drug-likeness (QED) is 0.802. The molecule has 0 aliphatic rings. The second-order valence-corrected chi connectivity index (χ2v) is 3.84. The van der Waals surface area contributed by atoms with E-state index in [0.717, 1.165) is 0 Å². The average Bonchev–Trinajstić information content (AvgIpc) is 2.24. The highest BCUT2D eigenvalue weighted by atomic mass is 35.5. The highest BCUT2D eigenvalue weighted by molar-refractivity contribution is 6.30. The minimum Gasteiger partial charge on any atom is -0.482 e. The first kappa shape index (κ1) is 13.3. The van der Waals surface area contributed by atoms with Gasteiger partial charge in [0.25, 0.3) is 0 Å². The van der Waals surface area contributed by atoms with Crippen molar-refractivity contribution in [2.75, 3.05) is 6.61 Å². The summed E-state index contributed by atoms with van der Waals surface area (Å²) in [7, 11) is 0. The van der Waals surface area contributed by atoms with Crippen LogP contribution in [0.2, 0.25) is 5.02 Å². The van der Waals surface area contributed by atoms with Gasteiger partial charge < -0.3 is 15.6 Å². The number of rotatable bonds is 6. The van der Waals surface area contributed by atoms with E-state index in [1.807, 2.05) is 0 Å². The molecule has 0 unspecified atom stereocenters. The van der Waals surface area contributed by atoms with E-state index < -0.39 is 18.5 Å². The minimum atomic E-state index is -1.07. The van der Waals surface area contributed by atoms with Crippen LogP contribution < -0.4 is 10.5 Å². The summed E-state index contributed by atoms with van der Waals surface area (Å²) in [6, 6.07) is 4.79. The Morgan fingerprint density at radius 1 is 1.41 bits per heavy atom. The van der Waals surface area contributed by atoms with Gasteiger partial charge in [0, 0.05) is 11.4 Å². The van der Waals surface area contributed by atoms with Crippen molar-refractivity contribution in [2.24, 2.45) is 5.73 Å². The lowest BCUT2D eigenvalue weighted by atomic mass is 10.1. The van der Waals surface area contributed by atoms with E-state index in [-0.39, 0.29) is 6.42 Å². The zero-order chi connectivity index (χ0) is 12.8. The molecule has 0 saturated heterocycles. The maximum absolute atomic E-state index is 10.7. The van der Waals surface area contributed by atoms with Crippen molar-refractivity contribution >= 4 is 23.5 Å². The topological polar surface area (TPSA) is 89.6 Å². The van der Waals surface area contributed by atoms with E-state index in [0.29, 0.717) is 22.8 Å². The number of carboxylic acids is 1. The number of carboxylic acid groups (broad SMARTS) is 1. The fraction of sp³-hybridized carbons (Fsp3) is 0.273. The van der Waals surface area contributed by atoms with Crippen molar-refractivity contribution in [3.63, 3.8) is 0 Å². The van der Waals surface area contributed by atoms with E-state index in [1.165, 1.54) is 0 Å². The maximum Gasteiger partial charge on any atom is 0.341 e. The lowest BCUT2D eigenvalue weighted by Crippen LogP contribution is -2.13. The molecule has 0 aromatic heterocycles. The molecule has 1 amide bonds. The third-order valence-electron chi connectivity index (χ3n) is 2.01. The number of ether oxygens (including phenoxy) is 1. The summed E-state index contributed by atoms with van der Waals surface area (Å²) in [5.74, 6) is -1.10. The molecule has 6 heteroatoms. The molecular formula is C11H12ClNO4. The lowest BCUT2D eigenvalue weighted by molar-refractivity contribution is -0.139. The van der Waals surface area contributed by atoms with Crippen molar-refractivity contribution < 1.29 is 19.4 Å². The summed E-state index contributed by atoms with van der Waals surface area (Å²) in [5, 5.41) is 9.01. The molecule has 0 spiro atoms. The molecule has 0 radical (unpaired) electrons. The number of primary amides is 1. The van der Waals surface area contributed by atoms with Gasteiger partial charge in [-0.2, -0.15) is 0 Å². The Bertz CT molecular complexity index is 433. The number of amides is 1. The van der Waals surface area contributed by atoms with Gasteiger partial charge in [-0.15, -0.1) is 0 Å². The molecule has 1 aromatic carbocycles. The molecule has 0 atom stereocenters. The summed E-state index contributed by atoms with van der Waals surface area (Å²) in [5.41, 5.74) is 5.71. The number of aryl methyl sites for hydroxylation is 1. The van der Waals surface area contributed by atoms with Gasteiger partial charge in [-0.25, -0.2) is 4.79 Å². The number of carbonyl (C=O) groups is 2. The Labute approximate surface area is 103 Å². The van der Waals surface area contributed by atoms with Crippen molar-refractivity contribution in [1.29, 1.82) is 0 Å². The molecular weight excluding hydrogens is 246 g/mol. The van der Waals surface area contributed by atoms with Crippen molar-refractivity contribution in [1.82, 2.24) is 0 Å². The zero-order valence-corrected chi connectivity index (χ0v) is 9.74. The second kappa shape index (κ2) is 6.10. The number of halogens is 1. The average molecular weight is 258 g/mol. The van der Waals surface area contributed by atoms with Crippen molar-refractivity contribution in [3.8, 4) is 5.75 Å². The van der Waals surface area contributed by atoms with Crippen LogP contribution in [-0.2, 0) is 16.0 Å². The van der Waals surface area contributed by atoms with Crippen LogP contribution in [0.3, 0.4) is 0 Å². The lowest BCUT2D eigenvalue weighted by Gasteiger charge is -2.09. The Hall–Kier alpha value is -1.75. The van der Waals surface area contributed by atoms with E-state index >= 15 is 0 Å². The zero-order valence-electron chi connectivity index (χ0n) is 8.98. The van der Waals surface area contributed by atoms with Crippen molar-refractivity contribution in [2.45, 2.75) is 12.8 Å². The largest absolute Gasteiger partial charge is 0.482 e. The van der Waals surface area contributed by atoms with Crippen LogP contribution in [0.15, 0.2) is 18.2 Å². The van der Waals surface area contributed by atoms with E-state index in [2.05, 4.69) is 0 Å². The highest BCUT2D eigenvalue weighted by Gasteiger charge is 2.08.